The second-order valence-electron chi connectivity index (χ2n) is 8.01. The number of hydrogen-bond donors (Lipinski definition) is 0. The molecule has 0 aliphatic heterocycles. The fraction of sp³-hybridized carbons (Fsp3) is 0.714. The van der Waals surface area contributed by atoms with Crippen LogP contribution in [0.5, 0.6) is 0 Å². The van der Waals surface area contributed by atoms with Crippen molar-refractivity contribution in [1.82, 2.24) is 0 Å². The van der Waals surface area contributed by atoms with E-state index in [1.165, 1.54) is 49.8 Å². The van der Waals surface area contributed by atoms with Crippen LogP contribution in [0, 0.1) is 11.5 Å². The third-order valence-electron chi connectivity index (χ3n) is 4.47. The molecule has 0 radical (unpaired) electrons. The third-order valence-corrected chi connectivity index (χ3v) is 5.40. The summed E-state index contributed by atoms with van der Waals surface area (Å²) in [6, 6.07) is 2.25. The van der Waals surface area contributed by atoms with Crippen LogP contribution in [-0.2, 0) is 17.6 Å². The van der Waals surface area contributed by atoms with Crippen LogP contribution >= 0.6 is 0 Å². The lowest BCUT2D eigenvalue weighted by atomic mass is 9.98. The summed E-state index contributed by atoms with van der Waals surface area (Å²) in [5.74, 6) is 5.47. The molecule has 0 saturated heterocycles. The van der Waals surface area contributed by atoms with Gasteiger partial charge in [-0.2, -0.15) is 0 Å². The van der Waals surface area contributed by atoms with Gasteiger partial charge in [0.15, 0.2) is 0 Å². The maximum Gasteiger partial charge on any atom is 0.133 e. The minimum atomic E-state index is -1.32. The van der Waals surface area contributed by atoms with Crippen molar-refractivity contribution >= 4 is 8.07 Å². The highest BCUT2D eigenvalue weighted by Gasteiger charge is 2.21. The summed E-state index contributed by atoms with van der Waals surface area (Å²) < 4.78 is 12.3. The molecule has 2 rings (SSSR count). The van der Waals surface area contributed by atoms with Crippen molar-refractivity contribution in [2.24, 2.45) is 0 Å². The summed E-state index contributed by atoms with van der Waals surface area (Å²) in [4.78, 5) is 0. The molecule has 0 aromatic carbocycles. The number of hydrogen-bond acceptors (Lipinski definition) is 2. The Morgan fingerprint density at radius 1 is 1.17 bits per heavy atom. The lowest BCUT2D eigenvalue weighted by Gasteiger charge is -2.14. The molecule has 3 heteroatoms. The van der Waals surface area contributed by atoms with Crippen LogP contribution in [-0.4, -0.2) is 14.7 Å². The van der Waals surface area contributed by atoms with Gasteiger partial charge in [-0.1, -0.05) is 58.2 Å². The molecule has 1 heterocycles. The Kier molecular flexibility index (Phi) is 7.65. The highest BCUT2D eigenvalue weighted by molar-refractivity contribution is 6.83. The molecule has 2 nitrogen and oxygen atoms in total. The maximum absolute atomic E-state index is 6.16. The number of fused-ring (bicyclic) bond motifs is 1. The van der Waals surface area contributed by atoms with E-state index in [1.807, 2.05) is 0 Å². The average molecular weight is 347 g/mol. The number of rotatable bonds is 8. The van der Waals surface area contributed by atoms with E-state index in [0.717, 1.165) is 25.0 Å². The van der Waals surface area contributed by atoms with E-state index in [9.17, 15) is 0 Å². The minimum absolute atomic E-state index is 0.0726. The topological polar surface area (TPSA) is 22.4 Å². The number of unbranched alkanes of at least 4 members (excludes halogenated alkanes) is 3. The van der Waals surface area contributed by atoms with E-state index in [0.29, 0.717) is 6.61 Å². The van der Waals surface area contributed by atoms with Gasteiger partial charge < -0.3 is 9.15 Å². The summed E-state index contributed by atoms with van der Waals surface area (Å²) in [6.45, 7) is 9.57. The molecule has 0 saturated carbocycles. The van der Waals surface area contributed by atoms with Crippen molar-refractivity contribution in [2.45, 2.75) is 90.5 Å². The average Bonchev–Trinajstić information content (AvgIpc) is 2.96. The van der Waals surface area contributed by atoms with E-state index >= 15 is 0 Å². The smallest absolute Gasteiger partial charge is 0.133 e. The first kappa shape index (κ1) is 19.3. The molecule has 1 aromatic heterocycles. The van der Waals surface area contributed by atoms with Crippen molar-refractivity contribution in [3.8, 4) is 11.5 Å². The monoisotopic (exact) mass is 346 g/mol. The van der Waals surface area contributed by atoms with E-state index in [4.69, 9.17) is 9.15 Å². The molecule has 0 N–H and O–H groups in total. The first-order valence-electron chi connectivity index (χ1n) is 9.72. The van der Waals surface area contributed by atoms with E-state index in [1.54, 1.807) is 0 Å². The van der Waals surface area contributed by atoms with Gasteiger partial charge in [0.2, 0.25) is 0 Å². The number of furan rings is 1. The third kappa shape index (κ3) is 6.49. The highest BCUT2D eigenvalue weighted by atomic mass is 28.3. The summed E-state index contributed by atoms with van der Waals surface area (Å²) in [5, 5.41) is 0. The van der Waals surface area contributed by atoms with Crippen molar-refractivity contribution in [3.05, 3.63) is 23.2 Å². The molecular weight excluding hydrogens is 312 g/mol. The van der Waals surface area contributed by atoms with Gasteiger partial charge in [0, 0.05) is 6.42 Å². The van der Waals surface area contributed by atoms with Crippen LogP contribution in [0.15, 0.2) is 10.5 Å². The molecule has 1 unspecified atom stereocenters. The van der Waals surface area contributed by atoms with Crippen molar-refractivity contribution in [1.29, 1.82) is 0 Å². The lowest BCUT2D eigenvalue weighted by molar-refractivity contribution is 0.0513. The van der Waals surface area contributed by atoms with Gasteiger partial charge >= 0.3 is 0 Å². The zero-order valence-corrected chi connectivity index (χ0v) is 17.0. The largest absolute Gasteiger partial charge is 0.463 e. The minimum Gasteiger partial charge on any atom is -0.463 e. The molecule has 24 heavy (non-hydrogen) atoms. The Bertz CT molecular complexity index is 533. The van der Waals surface area contributed by atoms with Crippen LogP contribution in [0.2, 0.25) is 19.6 Å². The van der Waals surface area contributed by atoms with Crippen molar-refractivity contribution in [2.75, 3.05) is 6.61 Å². The standard InChI is InChI=1S/C21H34O2Si/c1-5-6-7-8-14-20(22-15-11-16-24(2,3)4)21-17-18-12-9-10-13-19(18)23-21/h17,20H,5-10,12-15H2,1-4H3. The van der Waals surface area contributed by atoms with Gasteiger partial charge in [-0.05, 0) is 37.3 Å². The fourth-order valence-electron chi connectivity index (χ4n) is 3.18. The normalized spacial score (nSPS) is 15.5. The van der Waals surface area contributed by atoms with Gasteiger partial charge in [0.05, 0.1) is 0 Å². The van der Waals surface area contributed by atoms with Gasteiger partial charge in [-0.3, -0.25) is 0 Å². The Labute approximate surface area is 149 Å². The highest BCUT2D eigenvalue weighted by Crippen LogP contribution is 2.31. The van der Waals surface area contributed by atoms with Gasteiger partial charge in [-0.25, -0.2) is 0 Å². The zero-order chi connectivity index (χ0) is 17.4. The molecule has 0 fully saturated rings. The van der Waals surface area contributed by atoms with Crippen molar-refractivity contribution in [3.63, 3.8) is 0 Å². The van der Waals surface area contributed by atoms with Gasteiger partial charge in [-0.15, -0.1) is 5.54 Å². The fourth-order valence-corrected chi connectivity index (χ4v) is 3.78. The molecule has 134 valence electrons. The number of ether oxygens (including phenoxy) is 1. The second kappa shape index (κ2) is 9.49. The molecule has 1 aromatic rings. The van der Waals surface area contributed by atoms with Crippen molar-refractivity contribution < 1.29 is 9.15 Å². The Morgan fingerprint density at radius 3 is 2.67 bits per heavy atom. The van der Waals surface area contributed by atoms with E-state index in [2.05, 4.69) is 44.1 Å². The summed E-state index contributed by atoms with van der Waals surface area (Å²) in [5.41, 5.74) is 4.80. The van der Waals surface area contributed by atoms with Gasteiger partial charge in [0.25, 0.3) is 0 Å². The van der Waals surface area contributed by atoms with Crippen LogP contribution in [0.3, 0.4) is 0 Å². The summed E-state index contributed by atoms with van der Waals surface area (Å²) in [7, 11) is -1.32. The Morgan fingerprint density at radius 2 is 1.96 bits per heavy atom. The van der Waals surface area contributed by atoms with Crippen LogP contribution < -0.4 is 0 Å². The number of aryl methyl sites for hydroxylation is 2. The van der Waals surface area contributed by atoms with Crippen LogP contribution in [0.1, 0.15) is 75.1 Å². The quantitative estimate of drug-likeness (QED) is 0.324. The molecular formula is C21H34O2Si. The van der Waals surface area contributed by atoms with Crippen LogP contribution in [0.25, 0.3) is 0 Å². The van der Waals surface area contributed by atoms with Crippen LogP contribution in [0.4, 0.5) is 0 Å². The summed E-state index contributed by atoms with van der Waals surface area (Å²) >= 11 is 0. The second-order valence-corrected chi connectivity index (χ2v) is 12.8. The molecule has 0 spiro atoms. The molecule has 0 amide bonds. The SMILES string of the molecule is CCCCCCC(OCC#C[Si](C)(C)C)c1cc2c(o1)CCCC2. The van der Waals surface area contributed by atoms with Gasteiger partial charge in [0.1, 0.15) is 32.3 Å². The Hall–Kier alpha value is -0.983. The predicted octanol–water partition coefficient (Wildman–Crippen LogP) is 6.07. The Balaban J connectivity index is 1.98. The molecule has 1 atom stereocenters. The molecule has 1 aliphatic rings. The first-order chi connectivity index (χ1) is 11.5. The molecule has 0 bridgehead atoms. The lowest BCUT2D eigenvalue weighted by Crippen LogP contribution is -2.16. The maximum atomic E-state index is 6.16. The van der Waals surface area contributed by atoms with E-state index < -0.39 is 8.07 Å². The summed E-state index contributed by atoms with van der Waals surface area (Å²) in [6.07, 6.45) is 11.0. The predicted molar refractivity (Wildman–Crippen MR) is 104 cm³/mol. The molecule has 1 aliphatic carbocycles. The van der Waals surface area contributed by atoms with E-state index in [-0.39, 0.29) is 6.10 Å². The first-order valence-corrected chi connectivity index (χ1v) is 13.2. The zero-order valence-electron chi connectivity index (χ0n) is 16.0.